The summed E-state index contributed by atoms with van der Waals surface area (Å²) in [7, 11) is -1.04. The largest absolute Gasteiger partial charge is 0.255 e. The molecule has 0 amide bonds. The van der Waals surface area contributed by atoms with Crippen LogP contribution in [-0.2, 0) is 23.6 Å². The van der Waals surface area contributed by atoms with Gasteiger partial charge < -0.3 is 0 Å². The van der Waals surface area contributed by atoms with Gasteiger partial charge in [0.25, 0.3) is 0 Å². The summed E-state index contributed by atoms with van der Waals surface area (Å²) in [4.78, 5) is -0.0911. The minimum absolute atomic E-state index is 0.00369. The fourth-order valence-corrected chi connectivity index (χ4v) is 4.11. The molecular weight excluding hydrogens is 352 g/mol. The number of aryl methyl sites for hydroxylation is 2. The molecule has 0 fully saturated rings. The Labute approximate surface area is 138 Å². The van der Waals surface area contributed by atoms with Crippen LogP contribution in [0.5, 0.6) is 0 Å². The third-order valence-corrected chi connectivity index (χ3v) is 6.06. The molecule has 0 unspecified atom stereocenters. The first-order valence-corrected chi connectivity index (χ1v) is 8.44. The van der Waals surface area contributed by atoms with Crippen LogP contribution in [0.25, 0.3) is 0 Å². The lowest BCUT2D eigenvalue weighted by molar-refractivity contribution is 0.456. The van der Waals surface area contributed by atoms with Crippen molar-refractivity contribution in [3.63, 3.8) is 0 Å². The van der Waals surface area contributed by atoms with E-state index in [2.05, 4.69) is 5.10 Å². The minimum atomic E-state index is -3.92. The number of hydrogen-bond donors (Lipinski definition) is 0. The first-order valence-electron chi connectivity index (χ1n) is 6.24. The van der Waals surface area contributed by atoms with E-state index in [1.807, 2.05) is 0 Å². The van der Waals surface area contributed by atoms with Crippen LogP contribution < -0.4 is 0 Å². The number of hydrogen-bond acceptors (Lipinski definition) is 3. The van der Waals surface area contributed by atoms with Crippen molar-refractivity contribution in [1.29, 1.82) is 0 Å². The third kappa shape index (κ3) is 2.99. The summed E-state index contributed by atoms with van der Waals surface area (Å²) < 4.78 is 41.4. The van der Waals surface area contributed by atoms with Gasteiger partial charge in [0, 0.05) is 31.2 Å². The maximum absolute atomic E-state index is 13.8. The van der Waals surface area contributed by atoms with E-state index in [1.165, 1.54) is 29.9 Å². The van der Waals surface area contributed by atoms with E-state index in [4.69, 9.17) is 23.2 Å². The molecule has 0 saturated heterocycles. The van der Waals surface area contributed by atoms with E-state index in [9.17, 15) is 12.8 Å². The van der Waals surface area contributed by atoms with E-state index in [0.717, 1.165) is 4.31 Å². The van der Waals surface area contributed by atoms with Crippen LogP contribution in [0.1, 0.15) is 11.3 Å². The molecule has 0 saturated carbocycles. The average molecular weight is 366 g/mol. The molecule has 2 rings (SSSR count). The molecule has 120 valence electrons. The molecule has 1 aromatic heterocycles. The van der Waals surface area contributed by atoms with E-state index in [0.29, 0.717) is 0 Å². The van der Waals surface area contributed by atoms with Crippen LogP contribution in [0, 0.1) is 12.7 Å². The molecule has 5 nitrogen and oxygen atoms in total. The Hall–Kier alpha value is -1.15. The third-order valence-electron chi connectivity index (χ3n) is 3.21. The summed E-state index contributed by atoms with van der Waals surface area (Å²) in [6, 6.07) is 4.19. The molecule has 2 aromatic rings. The van der Waals surface area contributed by atoms with Crippen LogP contribution in [0.3, 0.4) is 0 Å². The normalized spacial score (nSPS) is 12.1. The Balaban J connectivity index is 2.42. The minimum Gasteiger partial charge on any atom is -0.255 e. The van der Waals surface area contributed by atoms with Crippen LogP contribution in [0.4, 0.5) is 4.39 Å². The highest BCUT2D eigenvalue weighted by Gasteiger charge is 2.30. The molecule has 1 aromatic carbocycles. The van der Waals surface area contributed by atoms with Crippen molar-refractivity contribution in [2.24, 2.45) is 7.05 Å². The quantitative estimate of drug-likeness (QED) is 0.836. The van der Waals surface area contributed by atoms with Crippen molar-refractivity contribution in [2.75, 3.05) is 7.05 Å². The van der Waals surface area contributed by atoms with Crippen LogP contribution >= 0.6 is 23.2 Å². The summed E-state index contributed by atoms with van der Waals surface area (Å²) in [5, 5.41) is 4.15. The zero-order valence-corrected chi connectivity index (χ0v) is 14.5. The van der Waals surface area contributed by atoms with Gasteiger partial charge in [0.05, 0.1) is 5.69 Å². The van der Waals surface area contributed by atoms with E-state index >= 15 is 0 Å². The lowest BCUT2D eigenvalue weighted by Crippen LogP contribution is -2.27. The second-order valence-electron chi connectivity index (χ2n) is 4.79. The van der Waals surface area contributed by atoms with Crippen LogP contribution in [-0.4, -0.2) is 29.6 Å². The standard InChI is InChI=1S/C13H14Cl2FN3O2S/c1-8-12(13(15)19(3)17-8)22(20,21)18(2)7-9-10(14)5-4-6-11(9)16/h4-6H,7H2,1-3H3. The molecule has 0 spiro atoms. The smallest absolute Gasteiger partial charge is 0.248 e. The Bertz CT molecular complexity index is 801. The Kier molecular flexibility index (Phi) is 4.81. The highest BCUT2D eigenvalue weighted by atomic mass is 35.5. The predicted octanol–water partition coefficient (Wildman–Crippen LogP) is 3.00. The summed E-state index contributed by atoms with van der Waals surface area (Å²) in [5.41, 5.74) is 0.381. The number of sulfonamides is 1. The average Bonchev–Trinajstić information content (AvgIpc) is 2.67. The van der Waals surface area contributed by atoms with E-state index in [1.54, 1.807) is 14.0 Å². The molecule has 1 heterocycles. The first-order chi connectivity index (χ1) is 10.2. The van der Waals surface area contributed by atoms with Crippen molar-refractivity contribution >= 4 is 33.2 Å². The fourth-order valence-electron chi connectivity index (χ4n) is 2.05. The SMILES string of the molecule is Cc1nn(C)c(Cl)c1S(=O)(=O)N(C)Cc1c(F)cccc1Cl. The zero-order chi connectivity index (χ0) is 16.7. The molecular formula is C13H14Cl2FN3O2S. The van der Waals surface area contributed by atoms with Gasteiger partial charge in [-0.2, -0.15) is 9.40 Å². The highest BCUT2D eigenvalue weighted by Crippen LogP contribution is 2.29. The molecule has 0 N–H and O–H groups in total. The lowest BCUT2D eigenvalue weighted by atomic mass is 10.2. The molecule has 22 heavy (non-hydrogen) atoms. The number of rotatable bonds is 4. The second kappa shape index (κ2) is 6.16. The lowest BCUT2D eigenvalue weighted by Gasteiger charge is -2.18. The van der Waals surface area contributed by atoms with Gasteiger partial charge in [-0.05, 0) is 19.1 Å². The fraction of sp³-hybridized carbons (Fsp3) is 0.308. The molecule has 0 aliphatic carbocycles. The summed E-state index contributed by atoms with van der Waals surface area (Å²) in [5.74, 6) is -0.566. The Morgan fingerprint density at radius 3 is 2.50 bits per heavy atom. The van der Waals surface area contributed by atoms with Gasteiger partial charge >= 0.3 is 0 Å². The summed E-state index contributed by atoms with van der Waals surface area (Å²) in [6.45, 7) is 1.33. The topological polar surface area (TPSA) is 55.2 Å². The van der Waals surface area contributed by atoms with Gasteiger partial charge in [-0.3, -0.25) is 4.68 Å². The molecule has 9 heteroatoms. The Morgan fingerprint density at radius 2 is 2.00 bits per heavy atom. The van der Waals surface area contributed by atoms with E-state index < -0.39 is 15.8 Å². The van der Waals surface area contributed by atoms with Crippen molar-refractivity contribution in [3.05, 3.63) is 45.4 Å². The maximum Gasteiger partial charge on any atom is 0.248 e. The summed E-state index contributed by atoms with van der Waals surface area (Å²) in [6.07, 6.45) is 0. The molecule has 0 radical (unpaired) electrons. The van der Waals surface area contributed by atoms with Gasteiger partial charge in [0.15, 0.2) is 0 Å². The van der Waals surface area contributed by atoms with Gasteiger partial charge in [-0.1, -0.05) is 29.3 Å². The zero-order valence-electron chi connectivity index (χ0n) is 12.1. The maximum atomic E-state index is 13.8. The monoisotopic (exact) mass is 365 g/mol. The predicted molar refractivity (Wildman–Crippen MR) is 83.0 cm³/mol. The Morgan fingerprint density at radius 1 is 1.36 bits per heavy atom. The number of halogens is 3. The number of aromatic nitrogens is 2. The van der Waals surface area contributed by atoms with Gasteiger partial charge in [-0.25, -0.2) is 12.8 Å². The molecule has 0 aliphatic heterocycles. The number of benzene rings is 1. The van der Waals surface area contributed by atoms with Crippen molar-refractivity contribution in [2.45, 2.75) is 18.4 Å². The molecule has 0 bridgehead atoms. The van der Waals surface area contributed by atoms with Gasteiger partial charge in [0.2, 0.25) is 10.0 Å². The van der Waals surface area contributed by atoms with E-state index in [-0.39, 0.29) is 32.9 Å². The van der Waals surface area contributed by atoms with Crippen molar-refractivity contribution in [1.82, 2.24) is 14.1 Å². The van der Waals surface area contributed by atoms with Crippen LogP contribution in [0.2, 0.25) is 10.2 Å². The molecule has 0 aliphatic rings. The second-order valence-corrected chi connectivity index (χ2v) is 7.54. The van der Waals surface area contributed by atoms with Crippen molar-refractivity contribution in [3.8, 4) is 0 Å². The molecule has 0 atom stereocenters. The van der Waals surface area contributed by atoms with Gasteiger partial charge in [0.1, 0.15) is 15.9 Å². The first kappa shape index (κ1) is 17.2. The highest BCUT2D eigenvalue weighted by molar-refractivity contribution is 7.89. The van der Waals surface area contributed by atoms with Crippen molar-refractivity contribution < 1.29 is 12.8 Å². The van der Waals surface area contributed by atoms with Crippen LogP contribution in [0.15, 0.2) is 23.1 Å². The van der Waals surface area contributed by atoms with Gasteiger partial charge in [-0.15, -0.1) is 0 Å². The number of nitrogens with zero attached hydrogens (tertiary/aromatic N) is 3. The summed E-state index contributed by atoms with van der Waals surface area (Å²) >= 11 is 11.9.